The van der Waals surface area contributed by atoms with Crippen molar-refractivity contribution in [3.05, 3.63) is 33.6 Å². The van der Waals surface area contributed by atoms with Crippen molar-refractivity contribution >= 4 is 27.3 Å². The van der Waals surface area contributed by atoms with Crippen molar-refractivity contribution in [2.75, 3.05) is 6.54 Å². The molecule has 2 aromatic heterocycles. The van der Waals surface area contributed by atoms with Crippen LogP contribution in [0.1, 0.15) is 27.0 Å². The van der Waals surface area contributed by atoms with Crippen LogP contribution in [-0.4, -0.2) is 36.2 Å². The second-order valence-electron chi connectivity index (χ2n) is 4.26. The normalized spacial score (nSPS) is 11.7. The summed E-state index contributed by atoms with van der Waals surface area (Å²) < 4.78 is 30.8. The SMILES string of the molecule is Cc1cc(CS(=O)(=O)NCCc2nc(C(=O)O)cs2)no1. The van der Waals surface area contributed by atoms with Crippen LogP contribution in [0.5, 0.6) is 0 Å². The third-order valence-corrected chi connectivity index (χ3v) is 4.67. The maximum absolute atomic E-state index is 11.8. The van der Waals surface area contributed by atoms with E-state index in [0.29, 0.717) is 22.9 Å². The van der Waals surface area contributed by atoms with Gasteiger partial charge in [-0.25, -0.2) is 22.9 Å². The largest absolute Gasteiger partial charge is 0.476 e. The maximum atomic E-state index is 11.8. The van der Waals surface area contributed by atoms with E-state index in [2.05, 4.69) is 14.9 Å². The lowest BCUT2D eigenvalue weighted by molar-refractivity contribution is 0.0691. The summed E-state index contributed by atoms with van der Waals surface area (Å²) in [6.45, 7) is 1.82. The first kappa shape index (κ1) is 15.6. The van der Waals surface area contributed by atoms with E-state index in [9.17, 15) is 13.2 Å². The van der Waals surface area contributed by atoms with Crippen LogP contribution in [0.4, 0.5) is 0 Å². The van der Waals surface area contributed by atoms with Crippen LogP contribution in [0.15, 0.2) is 16.0 Å². The number of thiazole rings is 1. The first-order chi connectivity index (χ1) is 9.85. The predicted octanol–water partition coefficient (Wildman–Crippen LogP) is 0.800. The number of rotatable bonds is 7. The molecule has 21 heavy (non-hydrogen) atoms. The number of carboxylic acids is 1. The Hall–Kier alpha value is -1.78. The molecule has 0 atom stereocenters. The highest BCUT2D eigenvalue weighted by Gasteiger charge is 2.15. The van der Waals surface area contributed by atoms with E-state index in [1.165, 1.54) is 16.7 Å². The third-order valence-electron chi connectivity index (χ3n) is 2.45. The molecule has 0 radical (unpaired) electrons. The smallest absolute Gasteiger partial charge is 0.355 e. The van der Waals surface area contributed by atoms with E-state index >= 15 is 0 Å². The van der Waals surface area contributed by atoms with Gasteiger partial charge < -0.3 is 9.63 Å². The van der Waals surface area contributed by atoms with Gasteiger partial charge in [-0.3, -0.25) is 0 Å². The van der Waals surface area contributed by atoms with Gasteiger partial charge in [0.2, 0.25) is 10.0 Å². The number of carboxylic acid groups (broad SMARTS) is 1. The lowest BCUT2D eigenvalue weighted by Gasteiger charge is -2.03. The summed E-state index contributed by atoms with van der Waals surface area (Å²) >= 11 is 1.18. The summed E-state index contributed by atoms with van der Waals surface area (Å²) in [7, 11) is -3.51. The molecular formula is C11H13N3O5S2. The summed E-state index contributed by atoms with van der Waals surface area (Å²) in [5.74, 6) is -0.813. The van der Waals surface area contributed by atoms with E-state index in [1.807, 2.05) is 0 Å². The number of hydrogen-bond donors (Lipinski definition) is 2. The van der Waals surface area contributed by atoms with Crippen LogP contribution >= 0.6 is 11.3 Å². The van der Waals surface area contributed by atoms with Gasteiger partial charge in [0.15, 0.2) is 5.69 Å². The fourth-order valence-corrected chi connectivity index (χ4v) is 3.38. The van der Waals surface area contributed by atoms with Gasteiger partial charge in [-0.05, 0) is 6.92 Å². The molecule has 2 N–H and O–H groups in total. The zero-order valence-corrected chi connectivity index (χ0v) is 12.7. The predicted molar refractivity (Wildman–Crippen MR) is 74.6 cm³/mol. The molecule has 2 aromatic rings. The van der Waals surface area contributed by atoms with E-state index in [0.717, 1.165) is 0 Å². The number of aromatic nitrogens is 2. The quantitative estimate of drug-likeness (QED) is 0.769. The highest BCUT2D eigenvalue weighted by molar-refractivity contribution is 7.88. The molecule has 0 aromatic carbocycles. The summed E-state index contributed by atoms with van der Waals surface area (Å²) in [5, 5.41) is 14.3. The summed E-state index contributed by atoms with van der Waals surface area (Å²) in [6.07, 6.45) is 0.328. The Balaban J connectivity index is 1.85. The molecule has 2 rings (SSSR count). The Morgan fingerprint density at radius 3 is 2.86 bits per heavy atom. The topological polar surface area (TPSA) is 122 Å². The Kier molecular flexibility index (Phi) is 4.70. The molecule has 0 bridgehead atoms. The second-order valence-corrected chi connectivity index (χ2v) is 7.01. The zero-order valence-electron chi connectivity index (χ0n) is 11.1. The van der Waals surface area contributed by atoms with Crippen molar-refractivity contribution in [3.8, 4) is 0 Å². The monoisotopic (exact) mass is 331 g/mol. The highest BCUT2D eigenvalue weighted by Crippen LogP contribution is 2.10. The van der Waals surface area contributed by atoms with Crippen LogP contribution < -0.4 is 4.72 Å². The Labute approximate surface area is 124 Å². The van der Waals surface area contributed by atoms with Gasteiger partial charge in [-0.2, -0.15) is 0 Å². The number of nitrogens with zero attached hydrogens (tertiary/aromatic N) is 2. The summed E-state index contributed by atoms with van der Waals surface area (Å²) in [6, 6.07) is 1.55. The minimum atomic E-state index is -3.51. The van der Waals surface area contributed by atoms with Crippen molar-refractivity contribution in [2.24, 2.45) is 0 Å². The molecule has 0 unspecified atom stereocenters. The molecular weight excluding hydrogens is 318 g/mol. The molecule has 114 valence electrons. The summed E-state index contributed by atoms with van der Waals surface area (Å²) in [4.78, 5) is 14.5. The van der Waals surface area contributed by atoms with Gasteiger partial charge in [-0.15, -0.1) is 11.3 Å². The molecule has 0 amide bonds. The molecule has 0 aliphatic rings. The Morgan fingerprint density at radius 1 is 1.52 bits per heavy atom. The lowest BCUT2D eigenvalue weighted by Crippen LogP contribution is -2.27. The molecule has 0 aliphatic heterocycles. The minimum absolute atomic E-state index is 0.0315. The van der Waals surface area contributed by atoms with E-state index in [1.54, 1.807) is 13.0 Å². The number of carbonyl (C=O) groups is 1. The van der Waals surface area contributed by atoms with Gasteiger partial charge in [-0.1, -0.05) is 5.16 Å². The van der Waals surface area contributed by atoms with Crippen LogP contribution in [0, 0.1) is 6.92 Å². The highest BCUT2D eigenvalue weighted by atomic mass is 32.2. The number of aromatic carboxylic acids is 1. The molecule has 0 saturated carbocycles. The van der Waals surface area contributed by atoms with E-state index < -0.39 is 16.0 Å². The average Bonchev–Trinajstić information content (AvgIpc) is 2.98. The van der Waals surface area contributed by atoms with Crippen molar-refractivity contribution in [1.82, 2.24) is 14.9 Å². The second kappa shape index (κ2) is 6.33. The minimum Gasteiger partial charge on any atom is -0.476 e. The van der Waals surface area contributed by atoms with Crippen molar-refractivity contribution in [1.29, 1.82) is 0 Å². The number of aryl methyl sites for hydroxylation is 1. The Morgan fingerprint density at radius 2 is 2.29 bits per heavy atom. The summed E-state index contributed by atoms with van der Waals surface area (Å²) in [5.41, 5.74) is 0.304. The van der Waals surface area contributed by atoms with Crippen LogP contribution in [-0.2, 0) is 22.2 Å². The standard InChI is InChI=1S/C11H13N3O5S2/c1-7-4-8(14-19-7)6-21(17,18)12-3-2-10-13-9(5-20-10)11(15)16/h4-5,12H,2-3,6H2,1H3,(H,15,16). The molecule has 0 fully saturated rings. The molecule has 0 aliphatic carbocycles. The molecule has 0 spiro atoms. The van der Waals surface area contributed by atoms with Crippen LogP contribution in [0.25, 0.3) is 0 Å². The van der Waals surface area contributed by atoms with Gasteiger partial charge in [0.05, 0.1) is 5.01 Å². The van der Waals surface area contributed by atoms with Crippen LogP contribution in [0.2, 0.25) is 0 Å². The van der Waals surface area contributed by atoms with Gasteiger partial charge in [0.1, 0.15) is 17.2 Å². The van der Waals surface area contributed by atoms with Gasteiger partial charge >= 0.3 is 5.97 Å². The van der Waals surface area contributed by atoms with Gasteiger partial charge in [0, 0.05) is 24.4 Å². The molecule has 2 heterocycles. The third kappa shape index (κ3) is 4.62. The molecule has 0 saturated heterocycles. The van der Waals surface area contributed by atoms with Crippen molar-refractivity contribution in [3.63, 3.8) is 0 Å². The first-order valence-corrected chi connectivity index (χ1v) is 8.46. The first-order valence-electron chi connectivity index (χ1n) is 5.93. The maximum Gasteiger partial charge on any atom is 0.355 e. The number of sulfonamides is 1. The number of hydrogen-bond acceptors (Lipinski definition) is 7. The molecule has 8 nitrogen and oxygen atoms in total. The van der Waals surface area contributed by atoms with E-state index in [-0.39, 0.29) is 18.0 Å². The van der Waals surface area contributed by atoms with Crippen molar-refractivity contribution in [2.45, 2.75) is 19.1 Å². The lowest BCUT2D eigenvalue weighted by atomic mass is 10.4. The fourth-order valence-electron chi connectivity index (χ4n) is 1.57. The zero-order chi connectivity index (χ0) is 15.5. The van der Waals surface area contributed by atoms with Gasteiger partial charge in [0.25, 0.3) is 0 Å². The molecule has 10 heteroatoms. The number of nitrogens with one attached hydrogen (secondary N) is 1. The average molecular weight is 331 g/mol. The van der Waals surface area contributed by atoms with Crippen molar-refractivity contribution < 1.29 is 22.8 Å². The Bertz CT molecular complexity index is 735. The van der Waals surface area contributed by atoms with E-state index in [4.69, 9.17) is 9.63 Å². The van der Waals surface area contributed by atoms with Crippen LogP contribution in [0.3, 0.4) is 0 Å². The fraction of sp³-hybridized carbons (Fsp3) is 0.364.